The Morgan fingerprint density at radius 2 is 1.91 bits per heavy atom. The number of Topliss-reactive ketones (excluding diaryl/α,β-unsaturated/α-hetero) is 1. The van der Waals surface area contributed by atoms with Crippen LogP contribution in [-0.2, 0) is 17.6 Å². The summed E-state index contributed by atoms with van der Waals surface area (Å²) in [5, 5.41) is 2.39. The summed E-state index contributed by atoms with van der Waals surface area (Å²) in [6.07, 6.45) is 7.18. The summed E-state index contributed by atoms with van der Waals surface area (Å²) in [6, 6.07) is 10.5. The van der Waals surface area contributed by atoms with Crippen LogP contribution < -0.4 is 5.73 Å². The second-order valence-corrected chi connectivity index (χ2v) is 7.34. The molecule has 2 bridgehead atoms. The molecule has 1 spiro atoms. The monoisotopic (exact) mass is 289 g/mol. The molecule has 2 atom stereocenters. The second-order valence-electron chi connectivity index (χ2n) is 7.34. The minimum Gasteiger partial charge on any atom is -0.399 e. The van der Waals surface area contributed by atoms with Gasteiger partial charge in [0.2, 0.25) is 0 Å². The van der Waals surface area contributed by atoms with Crippen LogP contribution in [0.25, 0.3) is 10.8 Å². The first-order valence-corrected chi connectivity index (χ1v) is 8.16. The molecule has 0 heterocycles. The third kappa shape index (κ3) is 1.53. The molecule has 22 heavy (non-hydrogen) atoms. The zero-order valence-corrected chi connectivity index (χ0v) is 12.6. The predicted octanol–water partition coefficient (Wildman–Crippen LogP) is 3.82. The molecule has 3 aliphatic carbocycles. The summed E-state index contributed by atoms with van der Waals surface area (Å²) >= 11 is 0. The summed E-state index contributed by atoms with van der Waals surface area (Å²) in [7, 11) is 0. The van der Waals surface area contributed by atoms with Gasteiger partial charge in [-0.1, -0.05) is 29.8 Å². The first-order valence-electron chi connectivity index (χ1n) is 8.16. The van der Waals surface area contributed by atoms with Crippen LogP contribution in [0.3, 0.4) is 0 Å². The minimum atomic E-state index is -0.0848. The van der Waals surface area contributed by atoms with Crippen LogP contribution in [0.4, 0.5) is 5.69 Å². The number of nitrogens with two attached hydrogens (primary N) is 1. The Kier molecular flexibility index (Phi) is 2.27. The highest BCUT2D eigenvalue weighted by Crippen LogP contribution is 2.57. The molecule has 2 heteroatoms. The minimum absolute atomic E-state index is 0.0848. The van der Waals surface area contributed by atoms with Gasteiger partial charge in [0.15, 0.2) is 0 Å². The fraction of sp³-hybridized carbons (Fsp3) is 0.350. The highest BCUT2D eigenvalue weighted by Gasteiger charge is 2.53. The highest BCUT2D eigenvalue weighted by atomic mass is 16.1. The molecule has 0 saturated heterocycles. The van der Waals surface area contributed by atoms with E-state index in [2.05, 4.69) is 24.3 Å². The van der Waals surface area contributed by atoms with E-state index < -0.39 is 0 Å². The van der Waals surface area contributed by atoms with Crippen molar-refractivity contribution in [2.75, 3.05) is 5.73 Å². The summed E-state index contributed by atoms with van der Waals surface area (Å²) in [4.78, 5) is 12.9. The molecular weight excluding hydrogens is 270 g/mol. The topological polar surface area (TPSA) is 43.1 Å². The molecule has 0 radical (unpaired) electrons. The van der Waals surface area contributed by atoms with Gasteiger partial charge in [-0.2, -0.15) is 0 Å². The maximum absolute atomic E-state index is 12.9. The lowest BCUT2D eigenvalue weighted by Crippen LogP contribution is -2.42. The van der Waals surface area contributed by atoms with Gasteiger partial charge in [0.05, 0.1) is 0 Å². The van der Waals surface area contributed by atoms with Crippen LogP contribution >= 0.6 is 0 Å². The fourth-order valence-electron chi connectivity index (χ4n) is 4.97. The molecule has 2 aromatic rings. The Bertz CT molecular complexity index is 863. The van der Waals surface area contributed by atoms with Gasteiger partial charge in [-0.25, -0.2) is 0 Å². The number of carbonyl (C=O) groups is 1. The Morgan fingerprint density at radius 3 is 2.68 bits per heavy atom. The van der Waals surface area contributed by atoms with Crippen LogP contribution in [0.1, 0.15) is 30.4 Å². The molecule has 0 aromatic heterocycles. The SMILES string of the molecule is Nc1ccc2cc3c(cc2c1)CC(=O)C1(CC2=CCC1C2)C3. The van der Waals surface area contributed by atoms with Crippen molar-refractivity contribution in [2.24, 2.45) is 11.3 Å². The molecule has 1 fully saturated rings. The Morgan fingerprint density at radius 1 is 1.05 bits per heavy atom. The van der Waals surface area contributed by atoms with Crippen molar-refractivity contribution in [2.45, 2.75) is 32.1 Å². The summed E-state index contributed by atoms with van der Waals surface area (Å²) in [5.74, 6) is 1.03. The van der Waals surface area contributed by atoms with Gasteiger partial charge in [0, 0.05) is 17.5 Å². The molecule has 5 rings (SSSR count). The number of benzene rings is 2. The van der Waals surface area contributed by atoms with Gasteiger partial charge in [-0.15, -0.1) is 0 Å². The fourth-order valence-corrected chi connectivity index (χ4v) is 4.97. The van der Waals surface area contributed by atoms with Crippen molar-refractivity contribution in [1.29, 1.82) is 0 Å². The zero-order chi connectivity index (χ0) is 14.9. The number of anilines is 1. The van der Waals surface area contributed by atoms with E-state index in [1.807, 2.05) is 12.1 Å². The van der Waals surface area contributed by atoms with Crippen molar-refractivity contribution in [3.63, 3.8) is 0 Å². The van der Waals surface area contributed by atoms with E-state index >= 15 is 0 Å². The highest BCUT2D eigenvalue weighted by molar-refractivity contribution is 5.94. The first kappa shape index (κ1) is 12.5. The Hall–Kier alpha value is -2.09. The van der Waals surface area contributed by atoms with Gasteiger partial charge >= 0.3 is 0 Å². The van der Waals surface area contributed by atoms with E-state index in [0.29, 0.717) is 18.1 Å². The van der Waals surface area contributed by atoms with E-state index in [0.717, 1.165) is 36.8 Å². The first-order chi connectivity index (χ1) is 10.6. The zero-order valence-electron chi connectivity index (χ0n) is 12.6. The quantitative estimate of drug-likeness (QED) is 0.592. The Labute approximate surface area is 130 Å². The van der Waals surface area contributed by atoms with E-state index in [-0.39, 0.29) is 5.41 Å². The third-order valence-corrected chi connectivity index (χ3v) is 6.12. The third-order valence-electron chi connectivity index (χ3n) is 6.12. The summed E-state index contributed by atoms with van der Waals surface area (Å²) < 4.78 is 0. The molecule has 1 saturated carbocycles. The van der Waals surface area contributed by atoms with Crippen LogP contribution in [0.2, 0.25) is 0 Å². The molecule has 0 amide bonds. The normalized spacial score (nSPS) is 29.2. The number of ketones is 1. The molecular formula is C20H19NO. The lowest BCUT2D eigenvalue weighted by molar-refractivity contribution is -0.131. The van der Waals surface area contributed by atoms with Crippen molar-refractivity contribution in [1.82, 2.24) is 0 Å². The van der Waals surface area contributed by atoms with E-state index in [1.54, 1.807) is 0 Å². The molecule has 0 aliphatic heterocycles. The Balaban J connectivity index is 1.65. The smallest absolute Gasteiger partial charge is 0.144 e. The molecule has 2 aromatic carbocycles. The number of rotatable bonds is 0. The molecule has 110 valence electrons. The largest absolute Gasteiger partial charge is 0.399 e. The maximum atomic E-state index is 12.9. The van der Waals surface area contributed by atoms with Crippen LogP contribution in [0, 0.1) is 11.3 Å². The maximum Gasteiger partial charge on any atom is 0.144 e. The van der Waals surface area contributed by atoms with Gasteiger partial charge in [-0.3, -0.25) is 4.79 Å². The van der Waals surface area contributed by atoms with E-state index in [1.165, 1.54) is 22.1 Å². The number of nitrogen functional groups attached to an aromatic ring is 1. The number of hydrogen-bond acceptors (Lipinski definition) is 2. The predicted molar refractivity (Wildman–Crippen MR) is 88.6 cm³/mol. The van der Waals surface area contributed by atoms with Crippen LogP contribution in [0.15, 0.2) is 42.0 Å². The van der Waals surface area contributed by atoms with Gasteiger partial charge < -0.3 is 5.73 Å². The number of fused-ring (bicyclic) bond motifs is 5. The second kappa shape index (κ2) is 4.01. The lowest BCUT2D eigenvalue weighted by atomic mass is 9.63. The lowest BCUT2D eigenvalue weighted by Gasteiger charge is -2.39. The summed E-state index contributed by atoms with van der Waals surface area (Å²) in [6.45, 7) is 0. The molecule has 2 N–H and O–H groups in total. The van der Waals surface area contributed by atoms with Gasteiger partial charge in [0.25, 0.3) is 0 Å². The van der Waals surface area contributed by atoms with Crippen LogP contribution in [-0.4, -0.2) is 5.78 Å². The van der Waals surface area contributed by atoms with Gasteiger partial charge in [0.1, 0.15) is 5.78 Å². The summed E-state index contributed by atoms with van der Waals surface area (Å²) in [5.41, 5.74) is 10.7. The molecule has 3 aliphatic rings. The average Bonchev–Trinajstić information content (AvgIpc) is 3.08. The van der Waals surface area contributed by atoms with Crippen molar-refractivity contribution >= 4 is 22.2 Å². The standard InChI is InChI=1S/C20H19NO/c21-18-4-2-13-6-16-11-20(10-12-1-3-17(20)5-12)19(22)9-15(16)7-14(13)8-18/h1-2,4,6-8,17H,3,5,9-11,21H2. The van der Waals surface area contributed by atoms with Crippen LogP contribution in [0.5, 0.6) is 0 Å². The van der Waals surface area contributed by atoms with Crippen molar-refractivity contribution in [3.8, 4) is 0 Å². The van der Waals surface area contributed by atoms with Crippen molar-refractivity contribution < 1.29 is 4.79 Å². The molecule has 2 unspecified atom stereocenters. The van der Waals surface area contributed by atoms with Gasteiger partial charge in [-0.05, 0) is 65.6 Å². The number of hydrogen-bond donors (Lipinski definition) is 1. The number of allylic oxidation sites excluding steroid dienone is 2. The average molecular weight is 289 g/mol. The van der Waals surface area contributed by atoms with Crippen molar-refractivity contribution in [3.05, 3.63) is 53.1 Å². The number of carbonyl (C=O) groups excluding carboxylic acids is 1. The van der Waals surface area contributed by atoms with E-state index in [4.69, 9.17) is 5.73 Å². The molecule has 2 nitrogen and oxygen atoms in total. The van der Waals surface area contributed by atoms with E-state index in [9.17, 15) is 4.79 Å².